The fourth-order valence-corrected chi connectivity index (χ4v) is 3.76. The maximum absolute atomic E-state index is 11.4. The molecule has 0 heterocycles. The van der Waals surface area contributed by atoms with Crippen LogP contribution in [0.4, 0.5) is 0 Å². The second-order valence-corrected chi connectivity index (χ2v) is 7.25. The third-order valence-corrected chi connectivity index (χ3v) is 5.40. The highest BCUT2D eigenvalue weighted by molar-refractivity contribution is 5.70. The molecule has 0 amide bonds. The summed E-state index contributed by atoms with van der Waals surface area (Å²) in [6.07, 6.45) is 5.26. The summed E-state index contributed by atoms with van der Waals surface area (Å²) in [6.45, 7) is 2.04. The fraction of sp³-hybridized carbons (Fsp3) is 0.435. The van der Waals surface area contributed by atoms with E-state index in [-0.39, 0.29) is 11.9 Å². The van der Waals surface area contributed by atoms with Gasteiger partial charge in [-0.15, -0.1) is 0 Å². The molecule has 0 radical (unpaired) electrons. The summed E-state index contributed by atoms with van der Waals surface area (Å²) < 4.78 is 10.9. The molecule has 1 aliphatic rings. The van der Waals surface area contributed by atoms with Gasteiger partial charge in [-0.05, 0) is 60.8 Å². The van der Waals surface area contributed by atoms with E-state index in [0.717, 1.165) is 24.2 Å². The molecule has 1 atom stereocenters. The molecule has 0 bridgehead atoms. The molecule has 0 saturated heterocycles. The van der Waals surface area contributed by atoms with Gasteiger partial charge in [0.1, 0.15) is 5.75 Å². The van der Waals surface area contributed by atoms with Crippen molar-refractivity contribution in [3.8, 4) is 5.75 Å². The Bertz CT molecular complexity index is 685. The van der Waals surface area contributed by atoms with Gasteiger partial charge in [0.2, 0.25) is 0 Å². The van der Waals surface area contributed by atoms with Gasteiger partial charge in [-0.1, -0.05) is 49.4 Å². The number of hydrogen-bond donors (Lipinski definition) is 0. The van der Waals surface area contributed by atoms with Gasteiger partial charge in [-0.3, -0.25) is 4.79 Å². The van der Waals surface area contributed by atoms with Crippen LogP contribution in [0.3, 0.4) is 0 Å². The summed E-state index contributed by atoms with van der Waals surface area (Å²) >= 11 is 0. The average molecular weight is 352 g/mol. The van der Waals surface area contributed by atoms with Gasteiger partial charge >= 0.3 is 5.97 Å². The highest BCUT2D eigenvalue weighted by Crippen LogP contribution is 2.34. The van der Waals surface area contributed by atoms with Crippen LogP contribution in [0.25, 0.3) is 0 Å². The first-order valence-corrected chi connectivity index (χ1v) is 9.54. The van der Waals surface area contributed by atoms with Crippen LogP contribution in [0.5, 0.6) is 5.75 Å². The average Bonchev–Trinajstić information content (AvgIpc) is 2.69. The van der Waals surface area contributed by atoms with E-state index in [0.29, 0.717) is 18.4 Å². The highest BCUT2D eigenvalue weighted by Gasteiger charge is 2.23. The quantitative estimate of drug-likeness (QED) is 0.648. The third kappa shape index (κ3) is 4.87. The number of ether oxygens (including phenoxy) is 2. The normalized spacial score (nSPS) is 21.0. The number of carbonyl (C=O) groups excluding carboxylic acids is 1. The Morgan fingerprint density at radius 3 is 2.27 bits per heavy atom. The predicted molar refractivity (Wildman–Crippen MR) is 104 cm³/mol. The summed E-state index contributed by atoms with van der Waals surface area (Å²) in [5.41, 5.74) is 2.59. The maximum Gasteiger partial charge on any atom is 0.306 e. The molecule has 3 nitrogen and oxygen atoms in total. The van der Waals surface area contributed by atoms with Crippen LogP contribution in [0.2, 0.25) is 0 Å². The molecular weight excluding hydrogens is 324 g/mol. The lowest BCUT2D eigenvalue weighted by molar-refractivity contribution is -0.140. The van der Waals surface area contributed by atoms with Crippen molar-refractivity contribution in [2.45, 2.75) is 57.0 Å². The lowest BCUT2D eigenvalue weighted by Gasteiger charge is -2.29. The molecule has 26 heavy (non-hydrogen) atoms. The Labute approximate surface area is 156 Å². The van der Waals surface area contributed by atoms with Gasteiger partial charge in [0, 0.05) is 0 Å². The Kier molecular flexibility index (Phi) is 6.32. The van der Waals surface area contributed by atoms with Crippen molar-refractivity contribution in [3.63, 3.8) is 0 Å². The summed E-state index contributed by atoms with van der Waals surface area (Å²) in [5, 5.41) is 0. The topological polar surface area (TPSA) is 35.5 Å². The van der Waals surface area contributed by atoms with Crippen LogP contribution in [0, 0.1) is 0 Å². The number of benzene rings is 2. The van der Waals surface area contributed by atoms with Crippen LogP contribution in [-0.2, 0) is 9.53 Å². The third-order valence-electron chi connectivity index (χ3n) is 5.40. The predicted octanol–water partition coefficient (Wildman–Crippen LogP) is 5.46. The smallest absolute Gasteiger partial charge is 0.306 e. The number of esters is 1. The number of rotatable bonds is 6. The molecule has 1 saturated carbocycles. The van der Waals surface area contributed by atoms with Gasteiger partial charge in [0.15, 0.2) is 0 Å². The van der Waals surface area contributed by atoms with E-state index in [2.05, 4.69) is 42.5 Å². The second-order valence-electron chi connectivity index (χ2n) is 7.25. The van der Waals surface area contributed by atoms with E-state index in [1.807, 2.05) is 19.1 Å². The molecule has 1 unspecified atom stereocenters. The van der Waals surface area contributed by atoms with Crippen LogP contribution in [0.1, 0.15) is 62.0 Å². The standard InChI is InChI=1S/C23H28O3/c1-17(16-23(24)25-2)18-8-12-21(13-9-18)26-22-14-10-20(11-15-22)19-6-4-3-5-7-19/h3-9,12-13,17,20,22H,10-11,14-16H2,1-2H3. The van der Waals surface area contributed by atoms with Crippen molar-refractivity contribution in [2.24, 2.45) is 0 Å². The second kappa shape index (κ2) is 8.88. The molecule has 0 spiro atoms. The molecule has 0 aromatic heterocycles. The van der Waals surface area contributed by atoms with Crippen LogP contribution < -0.4 is 4.74 Å². The first-order valence-electron chi connectivity index (χ1n) is 9.54. The Hall–Kier alpha value is -2.29. The zero-order chi connectivity index (χ0) is 18.4. The van der Waals surface area contributed by atoms with Gasteiger partial charge in [0.05, 0.1) is 19.6 Å². The van der Waals surface area contributed by atoms with Crippen LogP contribution in [0.15, 0.2) is 54.6 Å². The zero-order valence-electron chi connectivity index (χ0n) is 15.7. The fourth-order valence-electron chi connectivity index (χ4n) is 3.76. The van der Waals surface area contributed by atoms with Gasteiger partial charge in [-0.25, -0.2) is 0 Å². The summed E-state index contributed by atoms with van der Waals surface area (Å²) in [5.74, 6) is 1.56. The molecule has 138 valence electrons. The minimum atomic E-state index is -0.173. The lowest BCUT2D eigenvalue weighted by atomic mass is 9.83. The van der Waals surface area contributed by atoms with Gasteiger partial charge < -0.3 is 9.47 Å². The van der Waals surface area contributed by atoms with Crippen molar-refractivity contribution >= 4 is 5.97 Å². The molecule has 2 aromatic carbocycles. The molecule has 2 aromatic rings. The minimum Gasteiger partial charge on any atom is -0.490 e. The summed E-state index contributed by atoms with van der Waals surface area (Å²) in [7, 11) is 1.43. The first-order chi connectivity index (χ1) is 12.7. The molecule has 1 fully saturated rings. The number of hydrogen-bond acceptors (Lipinski definition) is 3. The first kappa shape index (κ1) is 18.5. The van der Waals surface area contributed by atoms with Gasteiger partial charge in [0.25, 0.3) is 0 Å². The monoisotopic (exact) mass is 352 g/mol. The van der Waals surface area contributed by atoms with Crippen molar-refractivity contribution in [3.05, 3.63) is 65.7 Å². The van der Waals surface area contributed by atoms with E-state index in [4.69, 9.17) is 9.47 Å². The summed E-state index contributed by atoms with van der Waals surface area (Å²) in [4.78, 5) is 11.4. The van der Waals surface area contributed by atoms with E-state index in [9.17, 15) is 4.79 Å². The zero-order valence-corrected chi connectivity index (χ0v) is 15.7. The number of methoxy groups -OCH3 is 1. The maximum atomic E-state index is 11.4. The largest absolute Gasteiger partial charge is 0.490 e. The van der Waals surface area contributed by atoms with Crippen molar-refractivity contribution in [1.29, 1.82) is 0 Å². The van der Waals surface area contributed by atoms with Crippen molar-refractivity contribution < 1.29 is 14.3 Å². The Balaban J connectivity index is 1.50. The molecule has 0 N–H and O–H groups in total. The van der Waals surface area contributed by atoms with E-state index >= 15 is 0 Å². The molecule has 1 aliphatic carbocycles. The van der Waals surface area contributed by atoms with Crippen LogP contribution in [-0.4, -0.2) is 19.2 Å². The lowest BCUT2D eigenvalue weighted by Crippen LogP contribution is -2.23. The SMILES string of the molecule is COC(=O)CC(C)c1ccc(OC2CCC(c3ccccc3)CC2)cc1. The Morgan fingerprint density at radius 1 is 1.00 bits per heavy atom. The summed E-state index contributed by atoms with van der Waals surface area (Å²) in [6, 6.07) is 18.9. The molecule has 3 rings (SSSR count). The molecule has 0 aliphatic heterocycles. The van der Waals surface area contributed by atoms with Gasteiger partial charge in [-0.2, -0.15) is 0 Å². The van der Waals surface area contributed by atoms with E-state index in [1.165, 1.54) is 25.5 Å². The van der Waals surface area contributed by atoms with Crippen LogP contribution >= 0.6 is 0 Å². The van der Waals surface area contributed by atoms with Crippen molar-refractivity contribution in [2.75, 3.05) is 7.11 Å². The molecule has 3 heteroatoms. The van der Waals surface area contributed by atoms with E-state index < -0.39 is 0 Å². The number of carbonyl (C=O) groups is 1. The Morgan fingerprint density at radius 2 is 1.65 bits per heavy atom. The van der Waals surface area contributed by atoms with E-state index in [1.54, 1.807) is 0 Å². The highest BCUT2D eigenvalue weighted by atomic mass is 16.5. The van der Waals surface area contributed by atoms with Crippen molar-refractivity contribution in [1.82, 2.24) is 0 Å². The minimum absolute atomic E-state index is 0.151. The molecular formula is C23H28O3.